The maximum atomic E-state index is 11.7. The molecule has 0 atom stereocenters. The summed E-state index contributed by atoms with van der Waals surface area (Å²) in [7, 11) is 1.26. The Balaban J connectivity index is 2.88. The van der Waals surface area contributed by atoms with Crippen molar-refractivity contribution in [3.05, 3.63) is 0 Å². The molecule has 0 unspecified atom stereocenters. The van der Waals surface area contributed by atoms with E-state index in [0.717, 1.165) is 0 Å². The predicted molar refractivity (Wildman–Crippen MR) is 37.4 cm³/mol. The van der Waals surface area contributed by atoms with E-state index in [0.29, 0.717) is 0 Å². The van der Waals surface area contributed by atoms with Crippen LogP contribution in [0.2, 0.25) is 0 Å². The Bertz CT molecular complexity index is 296. The van der Waals surface area contributed by atoms with E-state index in [4.69, 9.17) is 5.73 Å². The van der Waals surface area contributed by atoms with Crippen LogP contribution >= 0.6 is 0 Å². The number of aromatic nitrogens is 3. The lowest BCUT2D eigenvalue weighted by atomic mass is 10.9. The fourth-order valence-electron chi connectivity index (χ4n) is 0.576. The summed E-state index contributed by atoms with van der Waals surface area (Å²) in [6.45, 7) is -3.01. The van der Waals surface area contributed by atoms with Gasteiger partial charge in [0, 0.05) is 0 Å². The van der Waals surface area contributed by atoms with Crippen LogP contribution in [0.5, 0.6) is 12.0 Å². The van der Waals surface area contributed by atoms with Gasteiger partial charge >= 0.3 is 18.6 Å². The first-order chi connectivity index (χ1) is 6.11. The minimum absolute atomic E-state index is 0.178. The molecule has 0 saturated carbocycles. The first kappa shape index (κ1) is 9.36. The minimum atomic E-state index is -3.01. The standard InChI is InChI=1S/C5H6F2N4O2/c1-12-4-9-3(8)10-5(11-4)13-2(6)7/h2H,1H3,(H2,8,9,10,11). The van der Waals surface area contributed by atoms with Gasteiger partial charge in [-0.15, -0.1) is 4.98 Å². The molecule has 1 aromatic rings. The second-order valence-corrected chi connectivity index (χ2v) is 1.84. The largest absolute Gasteiger partial charge is 0.467 e. The summed E-state index contributed by atoms with van der Waals surface area (Å²) >= 11 is 0. The summed E-state index contributed by atoms with van der Waals surface area (Å²) < 4.78 is 31.8. The molecule has 0 amide bonds. The number of nitrogen functional groups attached to an aromatic ring is 1. The van der Waals surface area contributed by atoms with Gasteiger partial charge in [-0.1, -0.05) is 0 Å². The summed E-state index contributed by atoms with van der Waals surface area (Å²) in [5.74, 6) is -0.248. The number of anilines is 1. The lowest BCUT2D eigenvalue weighted by Crippen LogP contribution is -2.09. The number of hydrogen-bond donors (Lipinski definition) is 1. The number of alkyl halides is 2. The first-order valence-corrected chi connectivity index (χ1v) is 3.12. The Kier molecular flexibility index (Phi) is 2.72. The van der Waals surface area contributed by atoms with Gasteiger partial charge in [0.05, 0.1) is 7.11 Å². The number of nitrogens with zero attached hydrogens (tertiary/aromatic N) is 3. The van der Waals surface area contributed by atoms with Gasteiger partial charge in [-0.3, -0.25) is 0 Å². The van der Waals surface area contributed by atoms with Crippen molar-refractivity contribution in [2.24, 2.45) is 0 Å². The third kappa shape index (κ3) is 2.65. The van der Waals surface area contributed by atoms with Gasteiger partial charge in [0.2, 0.25) is 5.95 Å². The van der Waals surface area contributed by atoms with Crippen molar-refractivity contribution in [2.75, 3.05) is 12.8 Å². The Labute approximate surface area is 71.7 Å². The van der Waals surface area contributed by atoms with E-state index in [1.807, 2.05) is 0 Å². The number of ether oxygens (including phenoxy) is 2. The molecule has 0 aliphatic carbocycles. The van der Waals surface area contributed by atoms with E-state index in [1.165, 1.54) is 7.11 Å². The topological polar surface area (TPSA) is 83.2 Å². The smallest absolute Gasteiger partial charge is 0.389 e. The molecule has 0 aromatic carbocycles. The van der Waals surface area contributed by atoms with E-state index < -0.39 is 12.6 Å². The zero-order valence-corrected chi connectivity index (χ0v) is 6.57. The van der Waals surface area contributed by atoms with Gasteiger partial charge in [-0.25, -0.2) is 0 Å². The van der Waals surface area contributed by atoms with Crippen LogP contribution in [-0.2, 0) is 0 Å². The highest BCUT2D eigenvalue weighted by Gasteiger charge is 2.10. The van der Waals surface area contributed by atoms with Gasteiger partial charge < -0.3 is 15.2 Å². The molecule has 1 rings (SSSR count). The van der Waals surface area contributed by atoms with Crippen LogP contribution in [0.4, 0.5) is 14.7 Å². The maximum Gasteiger partial charge on any atom is 0.389 e. The zero-order chi connectivity index (χ0) is 9.84. The van der Waals surface area contributed by atoms with Crippen LogP contribution in [0, 0.1) is 0 Å². The Morgan fingerprint density at radius 3 is 2.38 bits per heavy atom. The van der Waals surface area contributed by atoms with Crippen LogP contribution < -0.4 is 15.2 Å². The van der Waals surface area contributed by atoms with Crippen LogP contribution in [-0.4, -0.2) is 28.7 Å². The van der Waals surface area contributed by atoms with Crippen LogP contribution in [0.25, 0.3) is 0 Å². The lowest BCUT2D eigenvalue weighted by molar-refractivity contribution is -0.0563. The Morgan fingerprint density at radius 2 is 1.85 bits per heavy atom. The SMILES string of the molecule is COc1nc(N)nc(OC(F)F)n1. The second-order valence-electron chi connectivity index (χ2n) is 1.84. The fraction of sp³-hybridized carbons (Fsp3) is 0.400. The molecule has 8 heteroatoms. The average molecular weight is 192 g/mol. The van der Waals surface area contributed by atoms with Crippen molar-refractivity contribution < 1.29 is 18.3 Å². The molecule has 13 heavy (non-hydrogen) atoms. The van der Waals surface area contributed by atoms with E-state index in [9.17, 15) is 8.78 Å². The maximum absolute atomic E-state index is 11.7. The zero-order valence-electron chi connectivity index (χ0n) is 6.57. The van der Waals surface area contributed by atoms with Gasteiger partial charge in [0.15, 0.2) is 0 Å². The fourth-order valence-corrected chi connectivity index (χ4v) is 0.576. The molecule has 0 fully saturated rings. The molecule has 2 N–H and O–H groups in total. The average Bonchev–Trinajstić information content (AvgIpc) is 2.01. The molecule has 1 aromatic heterocycles. The molecule has 0 saturated heterocycles. The highest BCUT2D eigenvalue weighted by molar-refractivity contribution is 5.20. The normalized spacial score (nSPS) is 10.2. The third-order valence-electron chi connectivity index (χ3n) is 0.989. The quantitative estimate of drug-likeness (QED) is 0.729. The van der Waals surface area contributed by atoms with Crippen molar-refractivity contribution in [1.82, 2.24) is 15.0 Å². The highest BCUT2D eigenvalue weighted by atomic mass is 19.3. The number of rotatable bonds is 3. The summed E-state index contributed by atoms with van der Waals surface area (Å²) in [5.41, 5.74) is 5.14. The van der Waals surface area contributed by atoms with Crippen molar-refractivity contribution >= 4 is 5.95 Å². The summed E-state index contributed by atoms with van der Waals surface area (Å²) in [4.78, 5) is 10.1. The summed E-state index contributed by atoms with van der Waals surface area (Å²) in [6, 6.07) is -0.748. The molecule has 72 valence electrons. The van der Waals surface area contributed by atoms with E-state index in [2.05, 4.69) is 24.4 Å². The molecule has 1 heterocycles. The number of halogens is 2. The third-order valence-corrected chi connectivity index (χ3v) is 0.989. The van der Waals surface area contributed by atoms with Crippen molar-refractivity contribution in [1.29, 1.82) is 0 Å². The van der Waals surface area contributed by atoms with E-state index in [1.54, 1.807) is 0 Å². The summed E-state index contributed by atoms with van der Waals surface area (Å²) in [6.07, 6.45) is 0. The van der Waals surface area contributed by atoms with Crippen LogP contribution in [0.3, 0.4) is 0 Å². The minimum Gasteiger partial charge on any atom is -0.467 e. The van der Waals surface area contributed by atoms with Gasteiger partial charge in [-0.2, -0.15) is 18.7 Å². The summed E-state index contributed by atoms with van der Waals surface area (Å²) in [5, 5.41) is 0. The lowest BCUT2D eigenvalue weighted by Gasteiger charge is -2.03. The van der Waals surface area contributed by atoms with Crippen molar-refractivity contribution in [2.45, 2.75) is 6.61 Å². The molecule has 0 aliphatic rings. The van der Waals surface area contributed by atoms with Crippen molar-refractivity contribution in [3.8, 4) is 12.0 Å². The molecule has 6 nitrogen and oxygen atoms in total. The Morgan fingerprint density at radius 1 is 1.23 bits per heavy atom. The molecule has 0 radical (unpaired) electrons. The molecule has 0 spiro atoms. The molecule has 0 bridgehead atoms. The van der Waals surface area contributed by atoms with Gasteiger partial charge in [-0.05, 0) is 0 Å². The highest BCUT2D eigenvalue weighted by Crippen LogP contribution is 2.12. The monoisotopic (exact) mass is 192 g/mol. The second kappa shape index (κ2) is 3.78. The number of hydrogen-bond acceptors (Lipinski definition) is 6. The van der Waals surface area contributed by atoms with E-state index >= 15 is 0 Å². The predicted octanol–water partition coefficient (Wildman–Crippen LogP) is 0.0638. The van der Waals surface area contributed by atoms with Crippen LogP contribution in [0.15, 0.2) is 0 Å². The van der Waals surface area contributed by atoms with Gasteiger partial charge in [0.25, 0.3) is 0 Å². The number of nitrogens with two attached hydrogens (primary N) is 1. The van der Waals surface area contributed by atoms with Crippen molar-refractivity contribution in [3.63, 3.8) is 0 Å². The van der Waals surface area contributed by atoms with Crippen LogP contribution in [0.1, 0.15) is 0 Å². The van der Waals surface area contributed by atoms with Gasteiger partial charge in [0.1, 0.15) is 0 Å². The molecule has 0 aliphatic heterocycles. The van der Waals surface area contributed by atoms with E-state index in [-0.39, 0.29) is 12.0 Å². The molecular formula is C5H6F2N4O2. The number of methoxy groups -OCH3 is 1. The first-order valence-electron chi connectivity index (χ1n) is 3.12. The Hall–Kier alpha value is -1.73. The molecular weight excluding hydrogens is 186 g/mol.